The van der Waals surface area contributed by atoms with Crippen molar-refractivity contribution >= 4 is 6.09 Å². The lowest BCUT2D eigenvalue weighted by molar-refractivity contribution is 0.0404. The van der Waals surface area contributed by atoms with Gasteiger partial charge in [0.25, 0.3) is 0 Å². The van der Waals surface area contributed by atoms with E-state index in [-0.39, 0.29) is 17.5 Å². The van der Waals surface area contributed by atoms with Gasteiger partial charge in [-0.25, -0.2) is 4.79 Å². The smallest absolute Gasteiger partial charge is 0.407 e. The molecule has 1 amide bonds. The first kappa shape index (κ1) is 12.3. The van der Waals surface area contributed by atoms with Crippen LogP contribution in [-0.2, 0) is 0 Å². The van der Waals surface area contributed by atoms with Gasteiger partial charge in [-0.2, -0.15) is 0 Å². The highest BCUT2D eigenvalue weighted by atomic mass is 16.4. The number of rotatable bonds is 1. The number of piperazine rings is 1. The zero-order valence-corrected chi connectivity index (χ0v) is 10.1. The molecular formula is C11H22N2O2. The van der Waals surface area contributed by atoms with E-state index in [1.54, 1.807) is 4.90 Å². The average Bonchev–Trinajstić information content (AvgIpc) is 2.15. The molecule has 15 heavy (non-hydrogen) atoms. The summed E-state index contributed by atoms with van der Waals surface area (Å²) in [6.07, 6.45) is 0.168. The van der Waals surface area contributed by atoms with Crippen molar-refractivity contribution in [2.75, 3.05) is 13.1 Å². The van der Waals surface area contributed by atoms with Crippen LogP contribution in [0.2, 0.25) is 0 Å². The van der Waals surface area contributed by atoms with Crippen molar-refractivity contribution in [3.05, 3.63) is 0 Å². The van der Waals surface area contributed by atoms with Gasteiger partial charge in [0.15, 0.2) is 0 Å². The first-order chi connectivity index (χ1) is 6.88. The quantitative estimate of drug-likeness (QED) is 0.699. The van der Waals surface area contributed by atoms with Crippen LogP contribution >= 0.6 is 0 Å². The molecule has 4 nitrogen and oxygen atoms in total. The van der Waals surface area contributed by atoms with Crippen molar-refractivity contribution in [1.82, 2.24) is 10.2 Å². The van der Waals surface area contributed by atoms with Gasteiger partial charge in [0, 0.05) is 19.1 Å². The number of nitrogens with zero attached hydrogens (tertiary/aromatic N) is 1. The summed E-state index contributed by atoms with van der Waals surface area (Å²) >= 11 is 0. The molecule has 2 N–H and O–H groups in total. The third-order valence-electron chi connectivity index (χ3n) is 3.05. The van der Waals surface area contributed by atoms with Crippen LogP contribution in [0.5, 0.6) is 0 Å². The first-order valence-electron chi connectivity index (χ1n) is 5.61. The zero-order chi connectivity index (χ0) is 11.6. The number of amides is 1. The second-order valence-electron chi connectivity index (χ2n) is 5.26. The van der Waals surface area contributed by atoms with Gasteiger partial charge in [0.05, 0.1) is 6.04 Å². The van der Waals surface area contributed by atoms with Crippen molar-refractivity contribution in [2.24, 2.45) is 5.41 Å². The monoisotopic (exact) mass is 214 g/mol. The highest BCUT2D eigenvalue weighted by Crippen LogP contribution is 2.30. The van der Waals surface area contributed by atoms with Crippen LogP contribution < -0.4 is 5.32 Å². The Labute approximate surface area is 91.6 Å². The predicted molar refractivity (Wildman–Crippen MR) is 60.1 cm³/mol. The van der Waals surface area contributed by atoms with Crippen LogP contribution in [0.1, 0.15) is 34.1 Å². The Bertz CT molecular complexity index is 235. The molecule has 4 heteroatoms. The number of carbonyl (C=O) groups is 1. The Kier molecular flexibility index (Phi) is 3.60. The number of nitrogens with one attached hydrogen (secondary N) is 1. The summed E-state index contributed by atoms with van der Waals surface area (Å²) in [5.74, 6) is 0. The number of hydrogen-bond acceptors (Lipinski definition) is 2. The van der Waals surface area contributed by atoms with Crippen LogP contribution in [0.3, 0.4) is 0 Å². The van der Waals surface area contributed by atoms with E-state index < -0.39 is 6.09 Å². The molecule has 1 heterocycles. The van der Waals surface area contributed by atoms with Gasteiger partial charge in [-0.1, -0.05) is 27.7 Å². The summed E-state index contributed by atoms with van der Waals surface area (Å²) < 4.78 is 0. The van der Waals surface area contributed by atoms with E-state index in [0.717, 1.165) is 13.0 Å². The SMILES string of the molecule is CC[C@H]1NCCN(C(=O)O)C1C(C)(C)C. The van der Waals surface area contributed by atoms with Gasteiger partial charge in [-0.3, -0.25) is 0 Å². The van der Waals surface area contributed by atoms with Gasteiger partial charge in [-0.15, -0.1) is 0 Å². The molecule has 0 bridgehead atoms. The molecule has 1 fully saturated rings. The molecule has 0 aromatic carbocycles. The molecule has 0 aromatic heterocycles. The molecule has 2 atom stereocenters. The minimum atomic E-state index is -0.796. The molecule has 0 spiro atoms. The van der Waals surface area contributed by atoms with Crippen LogP contribution in [0.25, 0.3) is 0 Å². The maximum atomic E-state index is 11.2. The Morgan fingerprint density at radius 3 is 2.53 bits per heavy atom. The Morgan fingerprint density at radius 2 is 2.13 bits per heavy atom. The number of hydrogen-bond donors (Lipinski definition) is 2. The maximum Gasteiger partial charge on any atom is 0.407 e. The lowest BCUT2D eigenvalue weighted by Gasteiger charge is -2.47. The minimum absolute atomic E-state index is 0.0213. The van der Waals surface area contributed by atoms with E-state index >= 15 is 0 Å². The minimum Gasteiger partial charge on any atom is -0.465 e. The summed E-state index contributed by atoms with van der Waals surface area (Å²) in [6.45, 7) is 9.75. The molecular weight excluding hydrogens is 192 g/mol. The van der Waals surface area contributed by atoms with Crippen molar-refractivity contribution < 1.29 is 9.90 Å². The second-order valence-corrected chi connectivity index (χ2v) is 5.26. The molecule has 0 aliphatic carbocycles. The van der Waals surface area contributed by atoms with Crippen LogP contribution in [0.4, 0.5) is 4.79 Å². The topological polar surface area (TPSA) is 52.6 Å². The predicted octanol–water partition coefficient (Wildman–Crippen LogP) is 1.76. The van der Waals surface area contributed by atoms with Crippen molar-refractivity contribution in [1.29, 1.82) is 0 Å². The zero-order valence-electron chi connectivity index (χ0n) is 10.1. The molecule has 1 rings (SSSR count). The Morgan fingerprint density at radius 1 is 1.53 bits per heavy atom. The number of carboxylic acid groups (broad SMARTS) is 1. The standard InChI is InChI=1S/C11H22N2O2/c1-5-8-9(11(2,3)4)13(10(14)15)7-6-12-8/h8-9,12H,5-7H2,1-4H3,(H,14,15)/t8-,9?/m1/s1. The van der Waals surface area contributed by atoms with Gasteiger partial charge in [-0.05, 0) is 11.8 Å². The highest BCUT2D eigenvalue weighted by molar-refractivity contribution is 5.66. The van der Waals surface area contributed by atoms with Gasteiger partial charge in [0.1, 0.15) is 0 Å². The van der Waals surface area contributed by atoms with Gasteiger partial charge < -0.3 is 15.3 Å². The average molecular weight is 214 g/mol. The van der Waals surface area contributed by atoms with E-state index in [1.807, 2.05) is 0 Å². The van der Waals surface area contributed by atoms with Gasteiger partial charge in [0.2, 0.25) is 0 Å². The molecule has 1 aliphatic heterocycles. The molecule has 1 aliphatic rings. The lowest BCUT2D eigenvalue weighted by Crippen LogP contribution is -2.63. The van der Waals surface area contributed by atoms with Crippen molar-refractivity contribution in [3.8, 4) is 0 Å². The van der Waals surface area contributed by atoms with Crippen LogP contribution in [0, 0.1) is 5.41 Å². The molecule has 1 saturated heterocycles. The summed E-state index contributed by atoms with van der Waals surface area (Å²) in [5.41, 5.74) is -0.0213. The summed E-state index contributed by atoms with van der Waals surface area (Å²) in [4.78, 5) is 12.8. The fourth-order valence-corrected chi connectivity index (χ4v) is 2.49. The summed E-state index contributed by atoms with van der Waals surface area (Å²) in [5, 5.41) is 12.6. The Balaban J connectivity index is 2.91. The van der Waals surface area contributed by atoms with E-state index in [1.165, 1.54) is 0 Å². The maximum absolute atomic E-state index is 11.2. The van der Waals surface area contributed by atoms with E-state index in [4.69, 9.17) is 0 Å². The second kappa shape index (κ2) is 4.39. The Hall–Kier alpha value is -0.770. The molecule has 88 valence electrons. The van der Waals surface area contributed by atoms with Crippen molar-refractivity contribution in [2.45, 2.75) is 46.2 Å². The first-order valence-corrected chi connectivity index (χ1v) is 5.61. The largest absolute Gasteiger partial charge is 0.465 e. The fraction of sp³-hybridized carbons (Fsp3) is 0.909. The van der Waals surface area contributed by atoms with Crippen LogP contribution in [0.15, 0.2) is 0 Å². The van der Waals surface area contributed by atoms with Crippen molar-refractivity contribution in [3.63, 3.8) is 0 Å². The van der Waals surface area contributed by atoms with E-state index in [0.29, 0.717) is 6.54 Å². The van der Waals surface area contributed by atoms with E-state index in [9.17, 15) is 9.90 Å². The summed E-state index contributed by atoms with van der Waals surface area (Å²) in [7, 11) is 0. The molecule has 1 unspecified atom stereocenters. The van der Waals surface area contributed by atoms with E-state index in [2.05, 4.69) is 33.0 Å². The van der Waals surface area contributed by atoms with Gasteiger partial charge >= 0.3 is 6.09 Å². The molecule has 0 radical (unpaired) electrons. The molecule has 0 saturated carbocycles. The highest BCUT2D eigenvalue weighted by Gasteiger charge is 2.40. The van der Waals surface area contributed by atoms with Crippen LogP contribution in [-0.4, -0.2) is 41.3 Å². The fourth-order valence-electron chi connectivity index (χ4n) is 2.49. The normalized spacial score (nSPS) is 27.9. The summed E-state index contributed by atoms with van der Waals surface area (Å²) in [6, 6.07) is 0.337. The lowest BCUT2D eigenvalue weighted by atomic mass is 9.79. The third-order valence-corrected chi connectivity index (χ3v) is 3.05. The third kappa shape index (κ3) is 2.62. The molecule has 0 aromatic rings.